The van der Waals surface area contributed by atoms with Gasteiger partial charge in [-0.3, -0.25) is 4.98 Å². The molecule has 8 nitrogen and oxygen atoms in total. The van der Waals surface area contributed by atoms with E-state index in [1.54, 1.807) is 18.6 Å². The summed E-state index contributed by atoms with van der Waals surface area (Å²) < 4.78 is 0. The second-order valence-electron chi connectivity index (χ2n) is 6.04. The molecule has 0 radical (unpaired) electrons. The van der Waals surface area contributed by atoms with Crippen LogP contribution in [0.3, 0.4) is 0 Å². The maximum atomic E-state index is 6.17. The highest BCUT2D eigenvalue weighted by Crippen LogP contribution is 2.32. The molecule has 4 rings (SSSR count). The van der Waals surface area contributed by atoms with Crippen LogP contribution < -0.4 is 11.1 Å². The molecule has 4 heterocycles. The van der Waals surface area contributed by atoms with Crippen molar-refractivity contribution in [3.63, 3.8) is 0 Å². The zero-order chi connectivity index (χ0) is 18.1. The van der Waals surface area contributed by atoms with Crippen molar-refractivity contribution in [3.8, 4) is 10.6 Å². The average molecular weight is 364 g/mol. The van der Waals surface area contributed by atoms with Crippen LogP contribution in [0.1, 0.15) is 24.8 Å². The van der Waals surface area contributed by atoms with Crippen molar-refractivity contribution < 1.29 is 0 Å². The van der Waals surface area contributed by atoms with Crippen LogP contribution in [0.4, 0.5) is 17.2 Å². The van der Waals surface area contributed by atoms with Crippen LogP contribution in [-0.4, -0.2) is 30.1 Å². The van der Waals surface area contributed by atoms with E-state index in [1.807, 2.05) is 12.1 Å². The summed E-state index contributed by atoms with van der Waals surface area (Å²) in [6.07, 6.45) is 6.58. The minimum Gasteiger partial charge on any atom is -0.383 e. The van der Waals surface area contributed by atoms with Crippen LogP contribution >= 0.6 is 11.3 Å². The lowest BCUT2D eigenvalue weighted by atomic mass is 10.2. The smallest absolute Gasteiger partial charge is 0.151 e. The number of nitrogens with one attached hydrogen (secondary N) is 1. The summed E-state index contributed by atoms with van der Waals surface area (Å²) in [6, 6.07) is 3.78. The summed E-state index contributed by atoms with van der Waals surface area (Å²) in [5.74, 6) is 0.732. The van der Waals surface area contributed by atoms with Gasteiger partial charge in [-0.2, -0.15) is 0 Å². The molecule has 0 fully saturated rings. The zero-order valence-corrected chi connectivity index (χ0v) is 15.0. The first-order valence-electron chi connectivity index (χ1n) is 8.02. The van der Waals surface area contributed by atoms with E-state index < -0.39 is 0 Å². The van der Waals surface area contributed by atoms with Gasteiger partial charge in [0.1, 0.15) is 17.2 Å². The molecule has 0 aliphatic rings. The lowest BCUT2D eigenvalue weighted by molar-refractivity contribution is 0.825. The molecule has 130 valence electrons. The Kier molecular flexibility index (Phi) is 4.13. The van der Waals surface area contributed by atoms with Gasteiger partial charge in [-0.25, -0.2) is 15.0 Å². The minimum atomic E-state index is 0.324. The normalized spacial score (nSPS) is 11.2. The number of fused-ring (bicyclic) bond motifs is 1. The molecule has 4 aromatic heterocycles. The molecule has 0 saturated carbocycles. The highest BCUT2D eigenvalue weighted by Gasteiger charge is 2.14. The monoisotopic (exact) mass is 364 g/mol. The summed E-state index contributed by atoms with van der Waals surface area (Å²) in [7, 11) is 0. The summed E-state index contributed by atoms with van der Waals surface area (Å²) in [5, 5.41) is 13.4. The molecule has 0 aliphatic carbocycles. The van der Waals surface area contributed by atoms with E-state index in [-0.39, 0.29) is 0 Å². The Morgan fingerprint density at radius 1 is 1.00 bits per heavy atom. The third-order valence-electron chi connectivity index (χ3n) is 3.71. The van der Waals surface area contributed by atoms with Crippen molar-refractivity contribution >= 4 is 39.6 Å². The highest BCUT2D eigenvalue weighted by molar-refractivity contribution is 7.14. The molecule has 4 aromatic rings. The van der Waals surface area contributed by atoms with Crippen molar-refractivity contribution in [1.82, 2.24) is 30.1 Å². The summed E-state index contributed by atoms with van der Waals surface area (Å²) in [6.45, 7) is 4.17. The molecule has 0 aliphatic heterocycles. The number of rotatable bonds is 4. The van der Waals surface area contributed by atoms with E-state index in [2.05, 4.69) is 49.3 Å². The third kappa shape index (κ3) is 3.16. The second-order valence-corrected chi connectivity index (χ2v) is 7.04. The van der Waals surface area contributed by atoms with E-state index in [0.29, 0.717) is 17.3 Å². The molecule has 0 aromatic carbocycles. The lowest BCUT2D eigenvalue weighted by Gasteiger charge is -2.08. The molecule has 0 spiro atoms. The van der Waals surface area contributed by atoms with E-state index in [4.69, 9.17) is 5.73 Å². The zero-order valence-electron chi connectivity index (χ0n) is 14.2. The Morgan fingerprint density at radius 3 is 2.54 bits per heavy atom. The predicted molar refractivity (Wildman–Crippen MR) is 102 cm³/mol. The Morgan fingerprint density at radius 2 is 1.81 bits per heavy atom. The van der Waals surface area contributed by atoms with Crippen LogP contribution in [0.25, 0.3) is 21.6 Å². The minimum absolute atomic E-state index is 0.324. The number of hydrogen-bond acceptors (Lipinski definition) is 9. The molecule has 0 atom stereocenters. The first-order valence-corrected chi connectivity index (χ1v) is 8.84. The average Bonchev–Trinajstić information content (AvgIpc) is 3.12. The fourth-order valence-electron chi connectivity index (χ4n) is 2.41. The van der Waals surface area contributed by atoms with E-state index in [0.717, 1.165) is 32.5 Å². The molecular weight excluding hydrogens is 348 g/mol. The molecule has 9 heteroatoms. The number of anilines is 3. The van der Waals surface area contributed by atoms with E-state index in [9.17, 15) is 0 Å². The maximum Gasteiger partial charge on any atom is 0.151 e. The summed E-state index contributed by atoms with van der Waals surface area (Å²) in [4.78, 5) is 16.9. The summed E-state index contributed by atoms with van der Waals surface area (Å²) in [5.41, 5.74) is 9.91. The van der Waals surface area contributed by atoms with Crippen molar-refractivity contribution in [1.29, 1.82) is 0 Å². The fourth-order valence-corrected chi connectivity index (χ4v) is 3.28. The van der Waals surface area contributed by atoms with Gasteiger partial charge in [-0.15, -0.1) is 10.2 Å². The first kappa shape index (κ1) is 16.3. The molecule has 26 heavy (non-hydrogen) atoms. The fraction of sp³-hybridized carbons (Fsp3) is 0.176. The molecule has 3 N–H and O–H groups in total. The molecule has 0 bridgehead atoms. The number of nitrogens with zero attached hydrogens (tertiary/aromatic N) is 6. The van der Waals surface area contributed by atoms with Gasteiger partial charge in [0.05, 0.1) is 46.6 Å². The lowest BCUT2D eigenvalue weighted by Crippen LogP contribution is -1.98. The predicted octanol–water partition coefficient (Wildman–Crippen LogP) is 3.39. The van der Waals surface area contributed by atoms with Gasteiger partial charge < -0.3 is 11.1 Å². The van der Waals surface area contributed by atoms with Crippen LogP contribution in [0.2, 0.25) is 0 Å². The number of hydrogen-bond donors (Lipinski definition) is 2. The number of nitrogens with two attached hydrogens (primary N) is 1. The first-order chi connectivity index (χ1) is 12.6. The number of nitrogen functional groups attached to an aromatic ring is 1. The quantitative estimate of drug-likeness (QED) is 0.566. The van der Waals surface area contributed by atoms with E-state index >= 15 is 0 Å². The molecular formula is C17H16N8S. The molecule has 0 unspecified atom stereocenters. The SMILES string of the molecule is CC(C)c1nnc(-c2cc3ncc(Nc4cncnc4)cc3nc2N)s1. The van der Waals surface area contributed by atoms with E-state index in [1.165, 1.54) is 17.7 Å². The van der Waals surface area contributed by atoms with Crippen LogP contribution in [0, 0.1) is 0 Å². The standard InChI is InChI=1S/C17H16N8S/c1-9(2)16-24-25-17(26-16)12-4-13-14(23-15(12)18)3-10(7-21-13)22-11-5-19-8-20-6-11/h3-9,22H,1-2H3,(H2,18,23). The Balaban J connectivity index is 1.70. The molecule has 0 amide bonds. The van der Waals surface area contributed by atoms with Gasteiger partial charge in [-0.05, 0) is 12.1 Å². The number of aromatic nitrogens is 6. The van der Waals surface area contributed by atoms with Gasteiger partial charge in [-0.1, -0.05) is 25.2 Å². The van der Waals surface area contributed by atoms with Gasteiger partial charge in [0.15, 0.2) is 5.01 Å². The van der Waals surface area contributed by atoms with Gasteiger partial charge >= 0.3 is 0 Å². The second kappa shape index (κ2) is 6.60. The Labute approximate surface area is 153 Å². The van der Waals surface area contributed by atoms with Crippen LogP contribution in [0.5, 0.6) is 0 Å². The third-order valence-corrected chi connectivity index (χ3v) is 4.97. The van der Waals surface area contributed by atoms with Crippen molar-refractivity contribution in [2.24, 2.45) is 0 Å². The number of pyridine rings is 2. The van der Waals surface area contributed by atoms with Gasteiger partial charge in [0.2, 0.25) is 0 Å². The van der Waals surface area contributed by atoms with Crippen molar-refractivity contribution in [2.75, 3.05) is 11.1 Å². The largest absolute Gasteiger partial charge is 0.383 e. The van der Waals surface area contributed by atoms with Gasteiger partial charge in [0, 0.05) is 5.92 Å². The van der Waals surface area contributed by atoms with Gasteiger partial charge in [0.25, 0.3) is 0 Å². The van der Waals surface area contributed by atoms with Crippen molar-refractivity contribution in [2.45, 2.75) is 19.8 Å². The Bertz CT molecular complexity index is 1060. The molecule has 0 saturated heterocycles. The maximum absolute atomic E-state index is 6.17. The van der Waals surface area contributed by atoms with Crippen LogP contribution in [0.15, 0.2) is 37.1 Å². The van der Waals surface area contributed by atoms with Crippen LogP contribution in [-0.2, 0) is 0 Å². The topological polar surface area (TPSA) is 115 Å². The Hall–Kier alpha value is -3.20. The highest BCUT2D eigenvalue weighted by atomic mass is 32.1. The summed E-state index contributed by atoms with van der Waals surface area (Å²) >= 11 is 1.53. The van der Waals surface area contributed by atoms with Crippen molar-refractivity contribution in [3.05, 3.63) is 42.1 Å².